The Kier molecular flexibility index (Phi) is 4.99. The third kappa shape index (κ3) is 3.82. The Balaban J connectivity index is 1.85. The second-order valence-corrected chi connectivity index (χ2v) is 7.10. The summed E-state index contributed by atoms with van der Waals surface area (Å²) in [6, 6.07) is 18.4. The van der Waals surface area contributed by atoms with Crippen LogP contribution in [-0.2, 0) is 6.42 Å². The molecule has 0 saturated heterocycles. The molecule has 4 rings (SSSR count). The van der Waals surface area contributed by atoms with Crippen molar-refractivity contribution in [2.75, 3.05) is 31.8 Å². The number of rotatable bonds is 5. The average molecular weight is 385 g/mol. The molecule has 146 valence electrons. The van der Waals surface area contributed by atoms with E-state index in [2.05, 4.69) is 45.2 Å². The molecule has 0 atom stereocenters. The first-order chi connectivity index (χ1) is 14.0. The summed E-state index contributed by atoms with van der Waals surface area (Å²) < 4.78 is 5.37. The van der Waals surface area contributed by atoms with Gasteiger partial charge in [0.2, 0.25) is 0 Å². The fourth-order valence-corrected chi connectivity index (χ4v) is 3.35. The van der Waals surface area contributed by atoms with Gasteiger partial charge in [-0.3, -0.25) is 0 Å². The van der Waals surface area contributed by atoms with Gasteiger partial charge in [0, 0.05) is 25.3 Å². The van der Waals surface area contributed by atoms with Crippen LogP contribution in [0.25, 0.3) is 22.3 Å². The van der Waals surface area contributed by atoms with E-state index >= 15 is 0 Å². The van der Waals surface area contributed by atoms with Crippen LogP contribution in [0.4, 0.5) is 11.5 Å². The molecule has 29 heavy (non-hydrogen) atoms. The van der Waals surface area contributed by atoms with Gasteiger partial charge >= 0.3 is 0 Å². The first-order valence-electron chi connectivity index (χ1n) is 9.36. The minimum atomic E-state index is 0.434. The van der Waals surface area contributed by atoms with E-state index < -0.39 is 0 Å². The molecule has 6 nitrogen and oxygen atoms in total. The van der Waals surface area contributed by atoms with E-state index in [9.17, 15) is 0 Å². The highest BCUT2D eigenvalue weighted by Crippen LogP contribution is 2.30. The molecule has 0 aliphatic heterocycles. The monoisotopic (exact) mass is 385 g/mol. The SMILES string of the molecule is COc1cccc(Cc2cc3c(N)ncnc3nc2-c2ccc(N(C)C)cc2)c1. The summed E-state index contributed by atoms with van der Waals surface area (Å²) in [6.07, 6.45) is 2.14. The van der Waals surface area contributed by atoms with E-state index in [-0.39, 0.29) is 0 Å². The van der Waals surface area contributed by atoms with E-state index in [0.29, 0.717) is 17.9 Å². The molecule has 2 heterocycles. The van der Waals surface area contributed by atoms with Gasteiger partial charge in [0.1, 0.15) is 17.9 Å². The van der Waals surface area contributed by atoms with Gasteiger partial charge in [0.15, 0.2) is 5.65 Å². The number of pyridine rings is 1. The van der Waals surface area contributed by atoms with E-state index in [1.165, 1.54) is 6.33 Å². The number of methoxy groups -OCH3 is 1. The van der Waals surface area contributed by atoms with Crippen LogP contribution in [-0.4, -0.2) is 36.2 Å². The molecule has 2 aromatic carbocycles. The van der Waals surface area contributed by atoms with Gasteiger partial charge in [-0.1, -0.05) is 24.3 Å². The van der Waals surface area contributed by atoms with Crippen molar-refractivity contribution in [1.82, 2.24) is 15.0 Å². The molecule has 0 radical (unpaired) electrons. The largest absolute Gasteiger partial charge is 0.497 e. The number of ether oxygens (including phenoxy) is 1. The van der Waals surface area contributed by atoms with Gasteiger partial charge in [-0.05, 0) is 47.9 Å². The summed E-state index contributed by atoms with van der Waals surface area (Å²) in [5, 5.41) is 0.763. The van der Waals surface area contributed by atoms with Crippen LogP contribution in [0.5, 0.6) is 5.75 Å². The Morgan fingerprint density at radius 1 is 1.00 bits per heavy atom. The maximum atomic E-state index is 6.09. The van der Waals surface area contributed by atoms with Crippen LogP contribution < -0.4 is 15.4 Å². The van der Waals surface area contributed by atoms with E-state index in [0.717, 1.165) is 39.2 Å². The predicted octanol–water partition coefficient (Wildman–Crippen LogP) is 3.94. The number of hydrogen-bond donors (Lipinski definition) is 1. The standard InChI is InChI=1S/C23H23N5O/c1-28(2)18-9-7-16(8-10-18)21-17(11-15-5-4-6-19(12-15)29-3)13-20-22(24)25-14-26-23(20)27-21/h4-10,12-14H,11H2,1-3H3,(H2,24,25,26,27). The van der Waals surface area contributed by atoms with E-state index in [1.807, 2.05) is 38.4 Å². The fourth-order valence-electron chi connectivity index (χ4n) is 3.35. The van der Waals surface area contributed by atoms with Gasteiger partial charge in [-0.25, -0.2) is 15.0 Å². The average Bonchev–Trinajstić information content (AvgIpc) is 2.74. The van der Waals surface area contributed by atoms with Crippen molar-refractivity contribution in [2.24, 2.45) is 0 Å². The van der Waals surface area contributed by atoms with Gasteiger partial charge < -0.3 is 15.4 Å². The summed E-state index contributed by atoms with van der Waals surface area (Å²) >= 11 is 0. The number of nitrogens with two attached hydrogens (primary N) is 1. The third-order valence-corrected chi connectivity index (χ3v) is 4.92. The zero-order valence-electron chi connectivity index (χ0n) is 16.8. The zero-order chi connectivity index (χ0) is 20.4. The first kappa shape index (κ1) is 18.7. The smallest absolute Gasteiger partial charge is 0.165 e. The van der Waals surface area contributed by atoms with E-state index in [1.54, 1.807) is 7.11 Å². The fraction of sp³-hybridized carbons (Fsp3) is 0.174. The number of aromatic nitrogens is 3. The molecule has 0 unspecified atom stereocenters. The molecule has 6 heteroatoms. The molecule has 0 fully saturated rings. The van der Waals surface area contributed by atoms with Crippen LogP contribution in [0.3, 0.4) is 0 Å². The molecule has 0 saturated carbocycles. The van der Waals surface area contributed by atoms with Crippen LogP contribution >= 0.6 is 0 Å². The second-order valence-electron chi connectivity index (χ2n) is 7.10. The third-order valence-electron chi connectivity index (χ3n) is 4.92. The Labute approximate surface area is 170 Å². The number of hydrogen-bond acceptors (Lipinski definition) is 6. The zero-order valence-corrected chi connectivity index (χ0v) is 16.8. The summed E-state index contributed by atoms with van der Waals surface area (Å²) in [7, 11) is 5.72. The molecule has 0 amide bonds. The van der Waals surface area contributed by atoms with Crippen molar-refractivity contribution in [3.05, 3.63) is 72.1 Å². The molecule has 0 spiro atoms. The highest BCUT2D eigenvalue weighted by atomic mass is 16.5. The Bertz CT molecular complexity index is 1160. The Morgan fingerprint density at radius 2 is 1.79 bits per heavy atom. The molecule has 2 aromatic heterocycles. The van der Waals surface area contributed by atoms with Crippen molar-refractivity contribution in [2.45, 2.75) is 6.42 Å². The van der Waals surface area contributed by atoms with E-state index in [4.69, 9.17) is 15.5 Å². The molecule has 2 N–H and O–H groups in total. The lowest BCUT2D eigenvalue weighted by Gasteiger charge is -2.15. The lowest BCUT2D eigenvalue weighted by atomic mass is 9.98. The molecule has 0 bridgehead atoms. The van der Waals surface area contributed by atoms with Crippen molar-refractivity contribution in [3.8, 4) is 17.0 Å². The molecule has 4 aromatic rings. The molecular weight excluding hydrogens is 362 g/mol. The molecular formula is C23H23N5O. The van der Waals surface area contributed by atoms with Crippen molar-refractivity contribution >= 4 is 22.5 Å². The van der Waals surface area contributed by atoms with Gasteiger partial charge in [-0.2, -0.15) is 0 Å². The highest BCUT2D eigenvalue weighted by molar-refractivity contribution is 5.88. The summed E-state index contributed by atoms with van der Waals surface area (Å²) in [6.45, 7) is 0. The maximum Gasteiger partial charge on any atom is 0.165 e. The molecule has 0 aliphatic carbocycles. The number of fused-ring (bicyclic) bond motifs is 1. The van der Waals surface area contributed by atoms with Gasteiger partial charge in [0.25, 0.3) is 0 Å². The Morgan fingerprint density at radius 3 is 2.52 bits per heavy atom. The van der Waals surface area contributed by atoms with Crippen molar-refractivity contribution < 1.29 is 4.74 Å². The topological polar surface area (TPSA) is 77.2 Å². The minimum Gasteiger partial charge on any atom is -0.497 e. The summed E-state index contributed by atoms with van der Waals surface area (Å²) in [5.41, 5.74) is 11.9. The first-order valence-corrected chi connectivity index (χ1v) is 9.36. The van der Waals surface area contributed by atoms with Crippen LogP contribution in [0.2, 0.25) is 0 Å². The Hall–Kier alpha value is -3.67. The molecule has 0 aliphatic rings. The van der Waals surface area contributed by atoms with Crippen LogP contribution in [0.1, 0.15) is 11.1 Å². The van der Waals surface area contributed by atoms with Gasteiger partial charge in [0.05, 0.1) is 18.2 Å². The van der Waals surface area contributed by atoms with Crippen molar-refractivity contribution in [1.29, 1.82) is 0 Å². The number of anilines is 2. The second kappa shape index (κ2) is 7.75. The lowest BCUT2D eigenvalue weighted by molar-refractivity contribution is 0.414. The normalized spacial score (nSPS) is 10.9. The minimum absolute atomic E-state index is 0.434. The lowest BCUT2D eigenvalue weighted by Crippen LogP contribution is -2.08. The highest BCUT2D eigenvalue weighted by Gasteiger charge is 2.13. The van der Waals surface area contributed by atoms with Crippen LogP contribution in [0.15, 0.2) is 60.9 Å². The maximum absolute atomic E-state index is 6.09. The van der Waals surface area contributed by atoms with Crippen LogP contribution in [0, 0.1) is 0 Å². The number of benzene rings is 2. The number of nitrogens with zero attached hydrogens (tertiary/aromatic N) is 4. The predicted molar refractivity (Wildman–Crippen MR) is 117 cm³/mol. The van der Waals surface area contributed by atoms with Gasteiger partial charge in [-0.15, -0.1) is 0 Å². The summed E-state index contributed by atoms with van der Waals surface area (Å²) in [4.78, 5) is 15.4. The summed E-state index contributed by atoms with van der Waals surface area (Å²) in [5.74, 6) is 1.26. The number of nitrogen functional groups attached to an aromatic ring is 1. The van der Waals surface area contributed by atoms with Crippen molar-refractivity contribution in [3.63, 3.8) is 0 Å². The quantitative estimate of drug-likeness (QED) is 0.561.